The second kappa shape index (κ2) is 5.02. The monoisotopic (exact) mass is 287 g/mol. The van der Waals surface area contributed by atoms with Crippen molar-refractivity contribution in [1.82, 2.24) is 0 Å². The van der Waals surface area contributed by atoms with Crippen LogP contribution < -0.4 is 0 Å². The maximum Gasteiger partial charge on any atom is 0.363 e. The predicted octanol–water partition coefficient (Wildman–Crippen LogP) is 3.54. The third-order valence-electron chi connectivity index (χ3n) is 2.73. The number of aliphatic imine (C=N–C) groups is 1. The van der Waals surface area contributed by atoms with Gasteiger partial charge in [-0.2, -0.15) is 0 Å². The van der Waals surface area contributed by atoms with E-state index in [1.165, 1.54) is 12.1 Å². The molecule has 0 unspecified atom stereocenters. The Morgan fingerprint density at radius 1 is 1.30 bits per heavy atom. The van der Waals surface area contributed by atoms with Gasteiger partial charge in [-0.05, 0) is 43.3 Å². The van der Waals surface area contributed by atoms with Gasteiger partial charge in [0.25, 0.3) is 0 Å². The number of nitrogens with zero attached hydrogens (tertiary/aromatic N) is 1. The van der Waals surface area contributed by atoms with E-state index in [2.05, 4.69) is 4.99 Å². The van der Waals surface area contributed by atoms with Crippen LogP contribution in [0.4, 0.5) is 4.39 Å². The van der Waals surface area contributed by atoms with Crippen LogP contribution in [0, 0.1) is 12.7 Å². The fourth-order valence-corrected chi connectivity index (χ4v) is 2.63. The second-order valence-electron chi connectivity index (χ2n) is 4.29. The molecule has 0 aliphatic carbocycles. The number of thiophene rings is 1. The van der Waals surface area contributed by atoms with Crippen molar-refractivity contribution in [3.8, 4) is 0 Å². The average Bonchev–Trinajstić information content (AvgIpc) is 2.97. The Morgan fingerprint density at radius 3 is 2.85 bits per heavy atom. The first-order chi connectivity index (χ1) is 9.61. The Hall–Kier alpha value is -2.27. The molecule has 1 aliphatic rings. The Balaban J connectivity index is 1.94. The molecule has 0 fully saturated rings. The minimum absolute atomic E-state index is 0.133. The highest BCUT2D eigenvalue weighted by atomic mass is 32.1. The fraction of sp³-hybridized carbons (Fsp3) is 0.0667. The van der Waals surface area contributed by atoms with Crippen LogP contribution >= 0.6 is 11.3 Å². The summed E-state index contributed by atoms with van der Waals surface area (Å²) in [6.07, 6.45) is 1.67. The molecule has 0 radical (unpaired) electrons. The van der Waals surface area contributed by atoms with Crippen LogP contribution in [0.15, 0.2) is 47.1 Å². The molecule has 0 saturated carbocycles. The van der Waals surface area contributed by atoms with Gasteiger partial charge in [0, 0.05) is 15.3 Å². The molecule has 1 aromatic carbocycles. The third-order valence-corrected chi connectivity index (χ3v) is 3.68. The summed E-state index contributed by atoms with van der Waals surface area (Å²) >= 11 is 1.56. The number of aryl methyl sites for hydroxylation is 1. The molecule has 0 atom stereocenters. The number of esters is 1. The zero-order valence-corrected chi connectivity index (χ0v) is 11.4. The Morgan fingerprint density at radius 2 is 2.15 bits per heavy atom. The van der Waals surface area contributed by atoms with Crippen molar-refractivity contribution in [3.05, 3.63) is 63.2 Å². The summed E-state index contributed by atoms with van der Waals surface area (Å²) in [7, 11) is 0. The van der Waals surface area contributed by atoms with Gasteiger partial charge in [0.2, 0.25) is 5.90 Å². The van der Waals surface area contributed by atoms with E-state index in [0.29, 0.717) is 5.56 Å². The first-order valence-corrected chi connectivity index (χ1v) is 6.78. The smallest absolute Gasteiger partial charge is 0.363 e. The van der Waals surface area contributed by atoms with Crippen LogP contribution in [0.2, 0.25) is 0 Å². The van der Waals surface area contributed by atoms with Crippen molar-refractivity contribution in [1.29, 1.82) is 0 Å². The summed E-state index contributed by atoms with van der Waals surface area (Å²) in [6.45, 7) is 1.99. The molecule has 1 aliphatic heterocycles. The lowest BCUT2D eigenvalue weighted by atomic mass is 10.2. The number of carbonyl (C=O) groups excluding carboxylic acids is 1. The molecule has 5 heteroatoms. The van der Waals surface area contributed by atoms with E-state index in [9.17, 15) is 9.18 Å². The lowest BCUT2D eigenvalue weighted by molar-refractivity contribution is -0.129. The molecule has 2 heterocycles. The number of halogens is 1. The second-order valence-corrected chi connectivity index (χ2v) is 5.61. The van der Waals surface area contributed by atoms with Gasteiger partial charge >= 0.3 is 5.97 Å². The predicted molar refractivity (Wildman–Crippen MR) is 76.1 cm³/mol. The maximum absolute atomic E-state index is 13.2. The molecule has 100 valence electrons. The van der Waals surface area contributed by atoms with Crippen molar-refractivity contribution in [2.24, 2.45) is 4.99 Å². The van der Waals surface area contributed by atoms with Crippen molar-refractivity contribution in [2.75, 3.05) is 0 Å². The van der Waals surface area contributed by atoms with E-state index >= 15 is 0 Å². The normalized spacial score (nSPS) is 16.4. The highest BCUT2D eigenvalue weighted by molar-refractivity contribution is 7.12. The van der Waals surface area contributed by atoms with E-state index in [-0.39, 0.29) is 11.6 Å². The standard InChI is InChI=1S/C15H10FNO2S/c1-9-5-6-12(20-9)8-13-15(18)19-14(17-13)10-3-2-4-11(16)7-10/h2-8H,1H3/b13-8+. The Kier molecular flexibility index (Phi) is 3.20. The van der Waals surface area contributed by atoms with Crippen molar-refractivity contribution in [3.63, 3.8) is 0 Å². The number of ether oxygens (including phenoxy) is 1. The summed E-state index contributed by atoms with van der Waals surface area (Å²) in [4.78, 5) is 18.0. The van der Waals surface area contributed by atoms with E-state index in [1.54, 1.807) is 29.5 Å². The number of cyclic esters (lactones) is 1. The minimum Gasteiger partial charge on any atom is -0.402 e. The molecule has 0 spiro atoms. The van der Waals surface area contributed by atoms with Crippen molar-refractivity contribution < 1.29 is 13.9 Å². The largest absolute Gasteiger partial charge is 0.402 e. The van der Waals surface area contributed by atoms with Crippen LogP contribution in [-0.4, -0.2) is 11.9 Å². The van der Waals surface area contributed by atoms with E-state index in [0.717, 1.165) is 9.75 Å². The molecule has 3 nitrogen and oxygen atoms in total. The van der Waals surface area contributed by atoms with Crippen LogP contribution in [0.25, 0.3) is 6.08 Å². The summed E-state index contributed by atoms with van der Waals surface area (Å²) in [6, 6.07) is 9.68. The molecule has 3 rings (SSSR count). The van der Waals surface area contributed by atoms with Crippen LogP contribution in [0.5, 0.6) is 0 Å². The number of hydrogen-bond donors (Lipinski definition) is 0. The highest BCUT2D eigenvalue weighted by Gasteiger charge is 2.24. The Bertz CT molecular complexity index is 746. The third kappa shape index (κ3) is 2.53. The zero-order valence-electron chi connectivity index (χ0n) is 10.6. The van der Waals surface area contributed by atoms with Crippen LogP contribution in [0.3, 0.4) is 0 Å². The van der Waals surface area contributed by atoms with Gasteiger partial charge in [0.05, 0.1) is 0 Å². The van der Waals surface area contributed by atoms with Crippen molar-refractivity contribution in [2.45, 2.75) is 6.92 Å². The highest BCUT2D eigenvalue weighted by Crippen LogP contribution is 2.23. The number of benzene rings is 1. The molecule has 0 amide bonds. The van der Waals surface area contributed by atoms with E-state index < -0.39 is 11.8 Å². The molecule has 1 aromatic heterocycles. The average molecular weight is 287 g/mol. The minimum atomic E-state index is -0.518. The van der Waals surface area contributed by atoms with Gasteiger partial charge < -0.3 is 4.74 Å². The lowest BCUT2D eigenvalue weighted by Crippen LogP contribution is -2.05. The lowest BCUT2D eigenvalue weighted by Gasteiger charge is -1.98. The molecular weight excluding hydrogens is 277 g/mol. The molecule has 0 N–H and O–H groups in total. The van der Waals surface area contributed by atoms with E-state index in [1.807, 2.05) is 19.1 Å². The zero-order chi connectivity index (χ0) is 14.1. The van der Waals surface area contributed by atoms with Crippen LogP contribution in [-0.2, 0) is 9.53 Å². The summed E-state index contributed by atoms with van der Waals surface area (Å²) in [5.74, 6) is -0.781. The maximum atomic E-state index is 13.2. The van der Waals surface area contributed by atoms with Gasteiger partial charge in [-0.3, -0.25) is 0 Å². The summed E-state index contributed by atoms with van der Waals surface area (Å²) in [5.41, 5.74) is 0.676. The van der Waals surface area contributed by atoms with Gasteiger partial charge in [0.15, 0.2) is 5.70 Å². The SMILES string of the molecule is Cc1ccc(/C=C2/N=C(c3cccc(F)c3)OC2=O)s1. The molecule has 2 aromatic rings. The molecular formula is C15H10FNO2S. The number of rotatable bonds is 2. The summed E-state index contributed by atoms with van der Waals surface area (Å²) < 4.78 is 18.2. The van der Waals surface area contributed by atoms with Crippen molar-refractivity contribution >= 4 is 29.3 Å². The fourth-order valence-electron chi connectivity index (χ4n) is 1.82. The molecule has 0 saturated heterocycles. The molecule has 0 bridgehead atoms. The topological polar surface area (TPSA) is 38.7 Å². The number of carbonyl (C=O) groups is 1. The van der Waals surface area contributed by atoms with Crippen LogP contribution in [0.1, 0.15) is 15.3 Å². The van der Waals surface area contributed by atoms with Gasteiger partial charge in [-0.25, -0.2) is 14.2 Å². The summed E-state index contributed by atoms with van der Waals surface area (Å²) in [5, 5.41) is 0. The van der Waals surface area contributed by atoms with E-state index in [4.69, 9.17) is 4.74 Å². The van der Waals surface area contributed by atoms with Gasteiger partial charge in [-0.1, -0.05) is 6.07 Å². The Labute approximate surface area is 119 Å². The quantitative estimate of drug-likeness (QED) is 0.626. The van der Waals surface area contributed by atoms with Gasteiger partial charge in [-0.15, -0.1) is 11.3 Å². The first kappa shape index (κ1) is 12.7. The first-order valence-electron chi connectivity index (χ1n) is 5.97. The molecule has 20 heavy (non-hydrogen) atoms. The number of hydrogen-bond acceptors (Lipinski definition) is 4. The van der Waals surface area contributed by atoms with Gasteiger partial charge in [0.1, 0.15) is 5.82 Å².